The van der Waals surface area contributed by atoms with E-state index in [0.717, 1.165) is 18.7 Å². The zero-order valence-corrected chi connectivity index (χ0v) is 14.1. The van der Waals surface area contributed by atoms with Crippen LogP contribution >= 0.6 is 0 Å². The van der Waals surface area contributed by atoms with Gasteiger partial charge < -0.3 is 14.6 Å². The molecular formula is C18H21N5O2. The van der Waals surface area contributed by atoms with Crippen LogP contribution in [0.4, 0.5) is 0 Å². The van der Waals surface area contributed by atoms with Gasteiger partial charge in [0.05, 0.1) is 18.6 Å². The van der Waals surface area contributed by atoms with E-state index in [9.17, 15) is 4.79 Å². The molecule has 3 rings (SSSR count). The number of carbonyl (C=O) groups excluding carboxylic acids is 1. The largest absolute Gasteiger partial charge is 0.478 e. The fourth-order valence-electron chi connectivity index (χ4n) is 2.45. The van der Waals surface area contributed by atoms with Gasteiger partial charge in [0.25, 0.3) is 5.91 Å². The maximum atomic E-state index is 12.3. The molecule has 2 heterocycles. The third kappa shape index (κ3) is 4.26. The van der Waals surface area contributed by atoms with Gasteiger partial charge in [-0.1, -0.05) is 18.2 Å². The molecule has 0 radical (unpaired) electrons. The molecular weight excluding hydrogens is 318 g/mol. The van der Waals surface area contributed by atoms with Crippen LogP contribution < -0.4 is 10.1 Å². The molecule has 0 unspecified atom stereocenters. The Hall–Kier alpha value is -3.09. The van der Waals surface area contributed by atoms with Gasteiger partial charge in [-0.25, -0.2) is 9.67 Å². The van der Waals surface area contributed by atoms with Crippen molar-refractivity contribution in [2.24, 2.45) is 0 Å². The van der Waals surface area contributed by atoms with E-state index in [1.54, 1.807) is 23.3 Å². The van der Waals surface area contributed by atoms with Crippen LogP contribution in [0.1, 0.15) is 23.8 Å². The molecule has 0 spiro atoms. The predicted molar refractivity (Wildman–Crippen MR) is 93.9 cm³/mol. The van der Waals surface area contributed by atoms with E-state index in [4.69, 9.17) is 4.74 Å². The van der Waals surface area contributed by atoms with Crippen LogP contribution in [0.5, 0.6) is 5.88 Å². The third-order valence-electron chi connectivity index (χ3n) is 3.64. The topological polar surface area (TPSA) is 74.0 Å². The van der Waals surface area contributed by atoms with Crippen LogP contribution in [0, 0.1) is 0 Å². The normalized spacial score (nSPS) is 10.6. The Bertz CT molecular complexity index is 796. The Morgan fingerprint density at radius 2 is 2.12 bits per heavy atom. The molecule has 1 aromatic carbocycles. The molecule has 2 aromatic heterocycles. The lowest BCUT2D eigenvalue weighted by molar-refractivity contribution is 0.0947. The smallest absolute Gasteiger partial charge is 0.271 e. The van der Waals surface area contributed by atoms with Gasteiger partial charge in [0.15, 0.2) is 5.69 Å². The Morgan fingerprint density at radius 1 is 1.28 bits per heavy atom. The van der Waals surface area contributed by atoms with Gasteiger partial charge in [0, 0.05) is 31.5 Å². The average Bonchev–Trinajstić information content (AvgIpc) is 3.29. The van der Waals surface area contributed by atoms with Crippen molar-refractivity contribution in [3.63, 3.8) is 0 Å². The van der Waals surface area contributed by atoms with Crippen molar-refractivity contribution in [3.8, 4) is 11.6 Å². The average molecular weight is 339 g/mol. The second kappa shape index (κ2) is 8.14. The van der Waals surface area contributed by atoms with E-state index in [2.05, 4.69) is 15.4 Å². The summed E-state index contributed by atoms with van der Waals surface area (Å²) >= 11 is 0. The van der Waals surface area contributed by atoms with Crippen LogP contribution in [0.3, 0.4) is 0 Å². The monoisotopic (exact) mass is 339 g/mol. The maximum absolute atomic E-state index is 12.3. The molecule has 0 saturated heterocycles. The van der Waals surface area contributed by atoms with Gasteiger partial charge >= 0.3 is 0 Å². The van der Waals surface area contributed by atoms with Gasteiger partial charge in [-0.15, -0.1) is 0 Å². The Labute approximate surface area is 146 Å². The molecule has 3 aromatic rings. The van der Waals surface area contributed by atoms with E-state index in [1.165, 1.54) is 0 Å². The van der Waals surface area contributed by atoms with Crippen molar-refractivity contribution in [1.82, 2.24) is 24.6 Å². The summed E-state index contributed by atoms with van der Waals surface area (Å²) in [5, 5.41) is 7.28. The molecule has 1 amide bonds. The number of hydrogen-bond donors (Lipinski definition) is 1. The van der Waals surface area contributed by atoms with Crippen LogP contribution in [0.25, 0.3) is 5.69 Å². The van der Waals surface area contributed by atoms with Gasteiger partial charge in [-0.2, -0.15) is 5.10 Å². The third-order valence-corrected chi connectivity index (χ3v) is 3.64. The number of aromatic nitrogens is 4. The lowest BCUT2D eigenvalue weighted by atomic mass is 10.3. The van der Waals surface area contributed by atoms with Gasteiger partial charge in [-0.05, 0) is 25.5 Å². The van der Waals surface area contributed by atoms with Gasteiger partial charge in [0.2, 0.25) is 5.88 Å². The van der Waals surface area contributed by atoms with Crippen LogP contribution in [-0.2, 0) is 6.54 Å². The number of hydrogen-bond acceptors (Lipinski definition) is 4. The van der Waals surface area contributed by atoms with Gasteiger partial charge in [-0.3, -0.25) is 4.79 Å². The van der Waals surface area contributed by atoms with E-state index in [1.807, 2.05) is 48.0 Å². The quantitative estimate of drug-likeness (QED) is 0.639. The maximum Gasteiger partial charge on any atom is 0.271 e. The Kier molecular flexibility index (Phi) is 5.46. The van der Waals surface area contributed by atoms with Crippen LogP contribution in [0.15, 0.2) is 55.1 Å². The van der Waals surface area contributed by atoms with Crippen molar-refractivity contribution in [2.45, 2.75) is 19.9 Å². The summed E-state index contributed by atoms with van der Waals surface area (Å²) in [5.41, 5.74) is 1.19. The molecule has 7 nitrogen and oxygen atoms in total. The molecule has 7 heteroatoms. The second-order valence-corrected chi connectivity index (χ2v) is 5.46. The fraction of sp³-hybridized carbons (Fsp3) is 0.278. The summed E-state index contributed by atoms with van der Waals surface area (Å²) in [4.78, 5) is 16.3. The first-order chi connectivity index (χ1) is 12.3. The minimum atomic E-state index is -0.207. The molecule has 0 aliphatic rings. The number of imidazole rings is 1. The SMILES string of the molecule is CCOc1cc(C(=O)NCCCn2ccnc2)nn1-c1ccccc1. The molecule has 0 aliphatic heterocycles. The first kappa shape index (κ1) is 16.8. The summed E-state index contributed by atoms with van der Waals surface area (Å²) in [6.07, 6.45) is 6.22. The first-order valence-corrected chi connectivity index (χ1v) is 8.30. The Morgan fingerprint density at radius 3 is 2.84 bits per heavy atom. The number of amides is 1. The Balaban J connectivity index is 1.64. The highest BCUT2D eigenvalue weighted by Gasteiger charge is 2.15. The fourth-order valence-corrected chi connectivity index (χ4v) is 2.45. The van der Waals surface area contributed by atoms with E-state index in [0.29, 0.717) is 24.7 Å². The summed E-state index contributed by atoms with van der Waals surface area (Å²) in [6.45, 7) is 3.78. The lowest BCUT2D eigenvalue weighted by Crippen LogP contribution is -2.25. The molecule has 25 heavy (non-hydrogen) atoms. The van der Waals surface area contributed by atoms with E-state index < -0.39 is 0 Å². The van der Waals surface area contributed by atoms with Crippen molar-refractivity contribution >= 4 is 5.91 Å². The highest BCUT2D eigenvalue weighted by molar-refractivity contribution is 5.92. The second-order valence-electron chi connectivity index (χ2n) is 5.46. The number of para-hydroxylation sites is 1. The molecule has 130 valence electrons. The minimum absolute atomic E-state index is 0.207. The highest BCUT2D eigenvalue weighted by atomic mass is 16.5. The highest BCUT2D eigenvalue weighted by Crippen LogP contribution is 2.19. The lowest BCUT2D eigenvalue weighted by Gasteiger charge is -2.06. The number of aryl methyl sites for hydroxylation is 1. The summed E-state index contributed by atoms with van der Waals surface area (Å²) in [5.74, 6) is 0.346. The first-order valence-electron chi connectivity index (χ1n) is 8.30. The van der Waals surface area contributed by atoms with Crippen molar-refractivity contribution in [2.75, 3.05) is 13.2 Å². The number of nitrogens with zero attached hydrogens (tertiary/aromatic N) is 4. The minimum Gasteiger partial charge on any atom is -0.478 e. The zero-order valence-electron chi connectivity index (χ0n) is 14.1. The van der Waals surface area contributed by atoms with E-state index in [-0.39, 0.29) is 5.91 Å². The van der Waals surface area contributed by atoms with Gasteiger partial charge in [0.1, 0.15) is 0 Å². The number of nitrogens with one attached hydrogen (secondary N) is 1. The van der Waals surface area contributed by atoms with Crippen LogP contribution in [-0.4, -0.2) is 38.4 Å². The van der Waals surface area contributed by atoms with Crippen LogP contribution in [0.2, 0.25) is 0 Å². The van der Waals surface area contributed by atoms with Crippen molar-refractivity contribution in [1.29, 1.82) is 0 Å². The van der Waals surface area contributed by atoms with Crippen molar-refractivity contribution < 1.29 is 9.53 Å². The molecule has 0 aliphatic carbocycles. The molecule has 0 saturated carbocycles. The summed E-state index contributed by atoms with van der Waals surface area (Å²) in [6, 6.07) is 11.3. The zero-order chi connectivity index (χ0) is 17.5. The standard InChI is InChI=1S/C18H21N5O2/c1-2-25-17-13-16(21-23(17)15-7-4-3-5-8-15)18(24)20-9-6-11-22-12-10-19-14-22/h3-5,7-8,10,12-14H,2,6,9,11H2,1H3,(H,20,24). The summed E-state index contributed by atoms with van der Waals surface area (Å²) in [7, 11) is 0. The summed E-state index contributed by atoms with van der Waals surface area (Å²) < 4.78 is 9.23. The number of ether oxygens (including phenoxy) is 1. The number of benzene rings is 1. The molecule has 0 fully saturated rings. The molecule has 1 N–H and O–H groups in total. The molecule has 0 atom stereocenters. The number of rotatable bonds is 8. The predicted octanol–water partition coefficient (Wildman–Crippen LogP) is 2.29. The number of carbonyl (C=O) groups is 1. The molecule has 0 bridgehead atoms. The van der Waals surface area contributed by atoms with E-state index >= 15 is 0 Å². The van der Waals surface area contributed by atoms with Crippen molar-refractivity contribution in [3.05, 3.63) is 60.8 Å².